The van der Waals surface area contributed by atoms with Crippen LogP contribution in [0.1, 0.15) is 44.5 Å². The quantitative estimate of drug-likeness (QED) is 0.296. The predicted molar refractivity (Wildman–Crippen MR) is 142 cm³/mol. The maximum atomic E-state index is 13.5. The molecule has 206 valence electrons. The normalized spacial score (nSPS) is 18.5. The minimum atomic E-state index is -4.43. The molecule has 5 rings (SSSR count). The van der Waals surface area contributed by atoms with Crippen LogP contribution >= 0.6 is 0 Å². The average molecular weight is 541 g/mol. The van der Waals surface area contributed by atoms with E-state index in [0.29, 0.717) is 31.0 Å². The molecular formula is C28H31F3N6O2. The first kappa shape index (κ1) is 26.6. The lowest BCUT2D eigenvalue weighted by atomic mass is 9.88. The number of halogens is 3. The highest BCUT2D eigenvalue weighted by molar-refractivity contribution is 5.74. The minimum Gasteiger partial charge on any atom is -0.457 e. The number of fused-ring (bicyclic) bond motifs is 1. The number of benzene rings is 2. The fourth-order valence-electron chi connectivity index (χ4n) is 5.23. The van der Waals surface area contributed by atoms with Crippen molar-refractivity contribution in [3.05, 3.63) is 66.0 Å². The van der Waals surface area contributed by atoms with Gasteiger partial charge in [0, 0.05) is 29.8 Å². The van der Waals surface area contributed by atoms with E-state index in [9.17, 15) is 13.2 Å². The summed E-state index contributed by atoms with van der Waals surface area (Å²) >= 11 is 0. The molecule has 0 radical (unpaired) electrons. The molecule has 1 aromatic heterocycles. The Hall–Kier alpha value is -4.02. The smallest absolute Gasteiger partial charge is 0.408 e. The van der Waals surface area contributed by atoms with Crippen molar-refractivity contribution in [2.75, 3.05) is 23.7 Å². The van der Waals surface area contributed by atoms with Gasteiger partial charge in [0.1, 0.15) is 29.2 Å². The maximum Gasteiger partial charge on any atom is 0.408 e. The third-order valence-electron chi connectivity index (χ3n) is 7.06. The number of rotatable bonds is 5. The minimum absolute atomic E-state index is 0.0588. The summed E-state index contributed by atoms with van der Waals surface area (Å²) in [5.41, 5.74) is 7.68. The van der Waals surface area contributed by atoms with Crippen LogP contribution in [0.3, 0.4) is 0 Å². The van der Waals surface area contributed by atoms with Gasteiger partial charge >= 0.3 is 6.18 Å². The molecule has 0 amide bonds. The number of likely N-dealkylation sites (tertiary alicyclic amines) is 1. The van der Waals surface area contributed by atoms with Crippen molar-refractivity contribution in [2.45, 2.75) is 57.3 Å². The Morgan fingerprint density at radius 3 is 2.44 bits per heavy atom. The van der Waals surface area contributed by atoms with Crippen molar-refractivity contribution in [1.82, 2.24) is 14.9 Å². The summed E-state index contributed by atoms with van der Waals surface area (Å²) in [5.74, 6) is 2.52. The molecule has 0 bridgehead atoms. The molecule has 0 aliphatic carbocycles. The fourth-order valence-corrected chi connectivity index (χ4v) is 5.23. The van der Waals surface area contributed by atoms with Gasteiger partial charge in [-0.1, -0.05) is 32.0 Å². The van der Waals surface area contributed by atoms with Crippen LogP contribution in [-0.2, 0) is 16.8 Å². The van der Waals surface area contributed by atoms with E-state index < -0.39 is 18.2 Å². The van der Waals surface area contributed by atoms with E-state index in [4.69, 9.17) is 20.6 Å². The van der Waals surface area contributed by atoms with Crippen molar-refractivity contribution in [3.63, 3.8) is 0 Å². The molecule has 1 fully saturated rings. The van der Waals surface area contributed by atoms with Crippen LogP contribution in [0.4, 0.5) is 30.5 Å². The third-order valence-corrected chi connectivity index (χ3v) is 7.06. The number of alkyl halides is 3. The Bertz CT molecular complexity index is 1330. The first-order valence-electron chi connectivity index (χ1n) is 12.8. The van der Waals surface area contributed by atoms with Crippen LogP contribution in [0.5, 0.6) is 11.5 Å². The standard InChI is InChI=1S/C28H31F3N6O2/c1-27(2)17-37(18-11-13-20(14-12-18)39-19-8-4-3-5-9-19)25-23(27)24(32)34-22(35-25)16-38-26(33)36-15-7-6-10-21(36)28(29,30)31/h3-5,8-9,11-14,21,33H,6-7,10,15-17H2,1-2H3,(H2,32,34,35). The first-order valence-corrected chi connectivity index (χ1v) is 12.8. The molecule has 0 spiro atoms. The van der Waals surface area contributed by atoms with E-state index in [2.05, 4.69) is 23.8 Å². The molecule has 11 heteroatoms. The monoisotopic (exact) mass is 540 g/mol. The molecule has 0 saturated carbocycles. The van der Waals surface area contributed by atoms with Gasteiger partial charge in [-0.15, -0.1) is 0 Å². The lowest BCUT2D eigenvalue weighted by Crippen LogP contribution is -2.51. The Balaban J connectivity index is 1.35. The molecular weight excluding hydrogens is 509 g/mol. The molecule has 39 heavy (non-hydrogen) atoms. The molecule has 2 aromatic carbocycles. The summed E-state index contributed by atoms with van der Waals surface area (Å²) in [7, 11) is 0. The zero-order valence-electron chi connectivity index (χ0n) is 21.8. The van der Waals surface area contributed by atoms with Crippen molar-refractivity contribution in [3.8, 4) is 11.5 Å². The molecule has 1 unspecified atom stereocenters. The first-order chi connectivity index (χ1) is 18.5. The van der Waals surface area contributed by atoms with Gasteiger partial charge in [0.05, 0.1) is 0 Å². The predicted octanol–water partition coefficient (Wildman–Crippen LogP) is 6.15. The Kier molecular flexibility index (Phi) is 7.00. The van der Waals surface area contributed by atoms with Crippen LogP contribution in [-0.4, -0.2) is 46.2 Å². The van der Waals surface area contributed by atoms with Gasteiger partial charge in [-0.3, -0.25) is 5.41 Å². The summed E-state index contributed by atoms with van der Waals surface area (Å²) in [6.45, 7) is 4.55. The van der Waals surface area contributed by atoms with Crippen molar-refractivity contribution < 1.29 is 22.6 Å². The Labute approximate surface area is 225 Å². The van der Waals surface area contributed by atoms with Crippen LogP contribution in [0.2, 0.25) is 0 Å². The third kappa shape index (κ3) is 5.57. The summed E-state index contributed by atoms with van der Waals surface area (Å²) in [5, 5.41) is 8.18. The van der Waals surface area contributed by atoms with Crippen molar-refractivity contribution in [1.29, 1.82) is 5.41 Å². The van der Waals surface area contributed by atoms with Crippen LogP contribution in [0.25, 0.3) is 0 Å². The number of nitrogens with one attached hydrogen (secondary N) is 1. The lowest BCUT2D eigenvalue weighted by molar-refractivity contribution is -0.182. The molecule has 1 atom stereocenters. The summed E-state index contributed by atoms with van der Waals surface area (Å²) < 4.78 is 51.8. The van der Waals surface area contributed by atoms with E-state index in [-0.39, 0.29) is 36.6 Å². The SMILES string of the molecule is CC1(C)CN(c2ccc(Oc3ccccc3)cc2)c2nc(COC(=N)N3CCCCC3C(F)(F)F)nc(N)c21. The van der Waals surface area contributed by atoms with Crippen molar-refractivity contribution in [2.24, 2.45) is 0 Å². The second kappa shape index (κ2) is 10.3. The number of anilines is 3. The van der Waals surface area contributed by atoms with Crippen LogP contribution in [0, 0.1) is 5.41 Å². The average Bonchev–Trinajstić information content (AvgIpc) is 3.18. The number of nitrogens with two attached hydrogens (primary N) is 1. The molecule has 3 heterocycles. The highest BCUT2D eigenvalue weighted by atomic mass is 19.4. The number of hydrogen-bond donors (Lipinski definition) is 2. The number of amidine groups is 1. The van der Waals surface area contributed by atoms with E-state index in [1.165, 1.54) is 0 Å². The van der Waals surface area contributed by atoms with Crippen LogP contribution in [0.15, 0.2) is 54.6 Å². The fraction of sp³-hybridized carbons (Fsp3) is 0.393. The summed E-state index contributed by atoms with van der Waals surface area (Å²) in [6.07, 6.45) is -3.46. The molecule has 3 aromatic rings. The Morgan fingerprint density at radius 1 is 1.05 bits per heavy atom. The number of piperidine rings is 1. The lowest BCUT2D eigenvalue weighted by Gasteiger charge is -2.37. The topological polar surface area (TPSA) is 101 Å². The van der Waals surface area contributed by atoms with Gasteiger partial charge < -0.3 is 25.0 Å². The highest BCUT2D eigenvalue weighted by Gasteiger charge is 2.46. The number of hydrogen-bond acceptors (Lipinski definition) is 7. The van der Waals surface area contributed by atoms with Gasteiger partial charge in [-0.2, -0.15) is 13.2 Å². The van der Waals surface area contributed by atoms with E-state index in [1.54, 1.807) is 0 Å². The van der Waals surface area contributed by atoms with Gasteiger partial charge in [0.15, 0.2) is 12.4 Å². The number of nitrogen functional groups attached to an aromatic ring is 1. The van der Waals surface area contributed by atoms with E-state index in [1.807, 2.05) is 59.5 Å². The summed E-state index contributed by atoms with van der Waals surface area (Å²) in [6, 6.07) is 14.8. The largest absolute Gasteiger partial charge is 0.457 e. The molecule has 8 nitrogen and oxygen atoms in total. The summed E-state index contributed by atoms with van der Waals surface area (Å²) in [4.78, 5) is 12.0. The van der Waals surface area contributed by atoms with Crippen molar-refractivity contribution >= 4 is 23.3 Å². The molecule has 3 N–H and O–H groups in total. The second-order valence-corrected chi connectivity index (χ2v) is 10.4. The number of aromatic nitrogens is 2. The zero-order chi connectivity index (χ0) is 27.8. The number of nitrogens with zero attached hydrogens (tertiary/aromatic N) is 4. The van der Waals surface area contributed by atoms with Gasteiger partial charge in [0.25, 0.3) is 6.02 Å². The second-order valence-electron chi connectivity index (χ2n) is 10.4. The molecule has 2 aliphatic rings. The van der Waals surface area contributed by atoms with Crippen LogP contribution < -0.4 is 15.4 Å². The Morgan fingerprint density at radius 2 is 1.74 bits per heavy atom. The number of ether oxygens (including phenoxy) is 2. The van der Waals surface area contributed by atoms with Gasteiger partial charge in [-0.25, -0.2) is 9.97 Å². The molecule has 1 saturated heterocycles. The maximum absolute atomic E-state index is 13.5. The van der Waals surface area contributed by atoms with E-state index >= 15 is 0 Å². The number of para-hydroxylation sites is 1. The highest BCUT2D eigenvalue weighted by Crippen LogP contribution is 2.45. The van der Waals surface area contributed by atoms with Gasteiger partial charge in [-0.05, 0) is 55.7 Å². The molecule has 2 aliphatic heterocycles. The zero-order valence-corrected chi connectivity index (χ0v) is 21.8. The van der Waals surface area contributed by atoms with E-state index in [0.717, 1.165) is 21.9 Å². The van der Waals surface area contributed by atoms with Gasteiger partial charge in [0.2, 0.25) is 0 Å².